The van der Waals surface area contributed by atoms with E-state index < -0.39 is 12.3 Å². The molecule has 1 heterocycles. The highest BCUT2D eigenvalue weighted by Gasteiger charge is 2.38. The summed E-state index contributed by atoms with van der Waals surface area (Å²) in [6, 6.07) is 5.18. The van der Waals surface area contributed by atoms with E-state index in [0.717, 1.165) is 37.8 Å². The van der Waals surface area contributed by atoms with Gasteiger partial charge in [-0.25, -0.2) is 0 Å². The molecule has 0 bridgehead atoms. The normalized spacial score (nSPS) is 21.6. The molecule has 8 heteroatoms. The van der Waals surface area contributed by atoms with Gasteiger partial charge in [-0.3, -0.25) is 9.59 Å². The second kappa shape index (κ2) is 6.93. The first-order chi connectivity index (χ1) is 11.8. The molecular formula is C17H19F3N2O3. The number of ether oxygens (including phenoxy) is 1. The van der Waals surface area contributed by atoms with E-state index in [1.54, 1.807) is 4.90 Å². The number of nitrogens with one attached hydrogen (secondary N) is 1. The molecule has 2 fully saturated rings. The molecule has 1 aromatic carbocycles. The summed E-state index contributed by atoms with van der Waals surface area (Å²) in [6.07, 6.45) is -0.382. The van der Waals surface area contributed by atoms with Gasteiger partial charge in [-0.15, -0.1) is 13.2 Å². The van der Waals surface area contributed by atoms with Crippen LogP contribution < -0.4 is 10.1 Å². The van der Waals surface area contributed by atoms with Crippen molar-refractivity contribution < 1.29 is 27.5 Å². The first-order valence-electron chi connectivity index (χ1n) is 8.28. The minimum Gasteiger partial charge on any atom is -0.406 e. The van der Waals surface area contributed by atoms with Crippen molar-refractivity contribution in [3.05, 3.63) is 24.3 Å². The van der Waals surface area contributed by atoms with Gasteiger partial charge in [-0.2, -0.15) is 0 Å². The molecular weight excluding hydrogens is 337 g/mol. The number of alkyl halides is 3. The number of carbonyl (C=O) groups is 2. The number of benzene rings is 1. The fourth-order valence-corrected chi connectivity index (χ4v) is 3.46. The number of hydrogen-bond donors (Lipinski definition) is 1. The first kappa shape index (κ1) is 17.6. The highest BCUT2D eigenvalue weighted by Crippen LogP contribution is 2.30. The number of likely N-dealkylation sites (tertiary alicyclic amines) is 1. The van der Waals surface area contributed by atoms with Crippen LogP contribution in [-0.2, 0) is 9.59 Å². The lowest BCUT2D eigenvalue weighted by Crippen LogP contribution is -2.35. The van der Waals surface area contributed by atoms with Crippen molar-refractivity contribution in [3.63, 3.8) is 0 Å². The molecule has 1 atom stereocenters. The SMILES string of the molecule is O=C(Nc1ccc(OC(F)(F)F)cc1)C1CC(=O)N(C2CCCC2)C1. The van der Waals surface area contributed by atoms with Crippen molar-refractivity contribution in [2.45, 2.75) is 44.5 Å². The number of carbonyl (C=O) groups excluding carboxylic acids is 2. The second-order valence-electron chi connectivity index (χ2n) is 6.45. The zero-order chi connectivity index (χ0) is 18.0. The quantitative estimate of drug-likeness (QED) is 0.900. The Labute approximate surface area is 143 Å². The average Bonchev–Trinajstić information content (AvgIpc) is 3.17. The van der Waals surface area contributed by atoms with Crippen LogP contribution in [0, 0.1) is 5.92 Å². The van der Waals surface area contributed by atoms with Crippen molar-refractivity contribution >= 4 is 17.5 Å². The van der Waals surface area contributed by atoms with Crippen molar-refractivity contribution in [3.8, 4) is 5.75 Å². The molecule has 5 nitrogen and oxygen atoms in total. The highest BCUT2D eigenvalue weighted by atomic mass is 19.4. The van der Waals surface area contributed by atoms with Gasteiger partial charge >= 0.3 is 6.36 Å². The van der Waals surface area contributed by atoms with E-state index in [1.165, 1.54) is 12.1 Å². The largest absolute Gasteiger partial charge is 0.573 e. The molecule has 0 radical (unpaired) electrons. The van der Waals surface area contributed by atoms with Gasteiger partial charge < -0.3 is 15.0 Å². The monoisotopic (exact) mass is 356 g/mol. The van der Waals surface area contributed by atoms with Crippen molar-refractivity contribution in [2.24, 2.45) is 5.92 Å². The molecule has 25 heavy (non-hydrogen) atoms. The van der Waals surface area contributed by atoms with E-state index in [-0.39, 0.29) is 30.0 Å². The van der Waals surface area contributed by atoms with E-state index in [4.69, 9.17) is 0 Å². The van der Waals surface area contributed by atoms with Crippen LogP contribution in [0.1, 0.15) is 32.1 Å². The predicted molar refractivity (Wildman–Crippen MR) is 83.8 cm³/mol. The van der Waals surface area contributed by atoms with E-state index in [9.17, 15) is 22.8 Å². The molecule has 1 aliphatic carbocycles. The Bertz CT molecular complexity index is 640. The van der Waals surface area contributed by atoms with Crippen LogP contribution in [0.5, 0.6) is 5.75 Å². The Morgan fingerprint density at radius 3 is 2.40 bits per heavy atom. The van der Waals surface area contributed by atoms with Crippen LogP contribution in [0.15, 0.2) is 24.3 Å². The standard InChI is InChI=1S/C17H19F3N2O3/c18-17(19,20)25-14-7-5-12(6-8-14)21-16(24)11-9-15(23)22(10-11)13-3-1-2-4-13/h5-8,11,13H,1-4,9-10H2,(H,21,24). The fourth-order valence-electron chi connectivity index (χ4n) is 3.46. The van der Waals surface area contributed by atoms with Crippen LogP contribution in [0.4, 0.5) is 18.9 Å². The molecule has 136 valence electrons. The van der Waals surface area contributed by atoms with Gasteiger partial charge in [0.2, 0.25) is 11.8 Å². The summed E-state index contributed by atoms with van der Waals surface area (Å²) in [7, 11) is 0. The second-order valence-corrected chi connectivity index (χ2v) is 6.45. The smallest absolute Gasteiger partial charge is 0.406 e. The summed E-state index contributed by atoms with van der Waals surface area (Å²) in [4.78, 5) is 26.3. The zero-order valence-corrected chi connectivity index (χ0v) is 13.5. The Morgan fingerprint density at radius 1 is 1.16 bits per heavy atom. The van der Waals surface area contributed by atoms with Crippen LogP contribution in [0.25, 0.3) is 0 Å². The van der Waals surface area contributed by atoms with Crippen LogP contribution in [0.2, 0.25) is 0 Å². The van der Waals surface area contributed by atoms with Crippen LogP contribution in [0.3, 0.4) is 0 Å². The van der Waals surface area contributed by atoms with E-state index in [1.807, 2.05) is 0 Å². The minimum atomic E-state index is -4.75. The minimum absolute atomic E-state index is 0.000903. The van der Waals surface area contributed by atoms with Gasteiger partial charge in [-0.05, 0) is 37.1 Å². The third kappa shape index (κ3) is 4.43. The Kier molecular flexibility index (Phi) is 4.87. The third-order valence-electron chi connectivity index (χ3n) is 4.65. The number of amides is 2. The van der Waals surface area contributed by atoms with Gasteiger partial charge in [-0.1, -0.05) is 12.8 Å². The van der Waals surface area contributed by atoms with Crippen molar-refractivity contribution in [1.82, 2.24) is 4.90 Å². The lowest BCUT2D eigenvalue weighted by atomic mass is 10.1. The zero-order valence-electron chi connectivity index (χ0n) is 13.5. The maximum atomic E-state index is 12.3. The number of anilines is 1. The molecule has 1 saturated heterocycles. The van der Waals surface area contributed by atoms with Gasteiger partial charge in [0.25, 0.3) is 0 Å². The van der Waals surface area contributed by atoms with Gasteiger partial charge in [0.15, 0.2) is 0 Å². The Morgan fingerprint density at radius 2 is 1.80 bits per heavy atom. The molecule has 2 aliphatic rings. The van der Waals surface area contributed by atoms with Crippen molar-refractivity contribution in [2.75, 3.05) is 11.9 Å². The Hall–Kier alpha value is -2.25. The third-order valence-corrected chi connectivity index (χ3v) is 4.65. The van der Waals surface area contributed by atoms with Crippen LogP contribution in [-0.4, -0.2) is 35.7 Å². The lowest BCUT2D eigenvalue weighted by molar-refractivity contribution is -0.274. The number of hydrogen-bond acceptors (Lipinski definition) is 3. The molecule has 1 N–H and O–H groups in total. The van der Waals surface area contributed by atoms with Gasteiger partial charge in [0.1, 0.15) is 5.75 Å². The summed E-state index contributed by atoms with van der Waals surface area (Å²) < 4.78 is 40.2. The maximum absolute atomic E-state index is 12.3. The molecule has 1 aliphatic heterocycles. The molecule has 0 aromatic heterocycles. The van der Waals surface area contributed by atoms with Gasteiger partial charge in [0, 0.05) is 24.7 Å². The molecule has 0 spiro atoms. The number of nitrogens with zero attached hydrogens (tertiary/aromatic N) is 1. The van der Waals surface area contributed by atoms with E-state index in [0.29, 0.717) is 12.2 Å². The Balaban J connectivity index is 1.56. The summed E-state index contributed by atoms with van der Waals surface area (Å²) in [5.41, 5.74) is 0.367. The predicted octanol–water partition coefficient (Wildman–Crippen LogP) is 3.31. The molecule has 3 rings (SSSR count). The molecule has 1 saturated carbocycles. The molecule has 2 amide bonds. The summed E-state index contributed by atoms with van der Waals surface area (Å²) in [5, 5.41) is 2.65. The van der Waals surface area contributed by atoms with E-state index >= 15 is 0 Å². The average molecular weight is 356 g/mol. The number of halogens is 3. The highest BCUT2D eigenvalue weighted by molar-refractivity contribution is 5.97. The van der Waals surface area contributed by atoms with Gasteiger partial charge in [0.05, 0.1) is 5.92 Å². The summed E-state index contributed by atoms with van der Waals surface area (Å²) >= 11 is 0. The summed E-state index contributed by atoms with van der Waals surface area (Å²) in [5.74, 6) is -1.08. The fraction of sp³-hybridized carbons (Fsp3) is 0.529. The lowest BCUT2D eigenvalue weighted by Gasteiger charge is -2.23. The first-order valence-corrected chi connectivity index (χ1v) is 8.28. The van der Waals surface area contributed by atoms with E-state index in [2.05, 4.69) is 10.1 Å². The van der Waals surface area contributed by atoms with Crippen molar-refractivity contribution in [1.29, 1.82) is 0 Å². The maximum Gasteiger partial charge on any atom is 0.573 e. The topological polar surface area (TPSA) is 58.6 Å². The van der Waals surface area contributed by atoms with Crippen LogP contribution >= 0.6 is 0 Å². The molecule has 1 unspecified atom stereocenters. The summed E-state index contributed by atoms with van der Waals surface area (Å²) in [6.45, 7) is 0.407. The number of rotatable bonds is 4. The molecule has 1 aromatic rings.